The summed E-state index contributed by atoms with van der Waals surface area (Å²) in [6, 6.07) is 16.1. The third kappa shape index (κ3) is 7.98. The maximum Gasteiger partial charge on any atom is 0.203 e. The summed E-state index contributed by atoms with van der Waals surface area (Å²) in [6.45, 7) is 8.21. The van der Waals surface area contributed by atoms with Gasteiger partial charge in [-0.3, -0.25) is 0 Å². The van der Waals surface area contributed by atoms with E-state index in [1.807, 2.05) is 50.3 Å². The highest BCUT2D eigenvalue weighted by atomic mass is 16.5. The van der Waals surface area contributed by atoms with E-state index in [0.717, 1.165) is 35.1 Å². The van der Waals surface area contributed by atoms with Crippen LogP contribution in [0.3, 0.4) is 0 Å². The van der Waals surface area contributed by atoms with E-state index in [4.69, 9.17) is 28.4 Å². The predicted octanol–water partition coefficient (Wildman–Crippen LogP) is 8.42. The van der Waals surface area contributed by atoms with Gasteiger partial charge in [0.05, 0.1) is 40.6 Å². The van der Waals surface area contributed by atoms with Crippen molar-refractivity contribution < 1.29 is 28.4 Å². The summed E-state index contributed by atoms with van der Waals surface area (Å²) < 4.78 is 34.5. The first-order valence-electron chi connectivity index (χ1n) is 13.7. The van der Waals surface area contributed by atoms with E-state index in [9.17, 15) is 0 Å². The molecule has 0 amide bonds. The minimum Gasteiger partial charge on any atom is -0.493 e. The van der Waals surface area contributed by atoms with Crippen LogP contribution in [0.5, 0.6) is 34.5 Å². The molecular formula is C34H42O6. The van der Waals surface area contributed by atoms with Gasteiger partial charge >= 0.3 is 0 Å². The number of rotatable bonds is 14. The summed E-state index contributed by atoms with van der Waals surface area (Å²) in [4.78, 5) is 0. The molecule has 0 spiro atoms. The lowest BCUT2D eigenvalue weighted by atomic mass is 10.1. The van der Waals surface area contributed by atoms with Crippen LogP contribution < -0.4 is 28.4 Å². The highest BCUT2D eigenvalue weighted by Gasteiger charge is 2.17. The smallest absolute Gasteiger partial charge is 0.203 e. The van der Waals surface area contributed by atoms with Crippen molar-refractivity contribution in [1.82, 2.24) is 0 Å². The Kier molecular flexibility index (Phi) is 11.4. The van der Waals surface area contributed by atoms with Gasteiger partial charge in [0.2, 0.25) is 11.5 Å². The van der Waals surface area contributed by atoms with Crippen molar-refractivity contribution in [2.75, 3.05) is 28.4 Å². The van der Waals surface area contributed by atoms with Gasteiger partial charge in [0.25, 0.3) is 0 Å². The molecule has 6 heteroatoms. The van der Waals surface area contributed by atoms with E-state index in [0.29, 0.717) is 34.5 Å². The standard InChI is InChI=1S/C34H42O6/c1-9-23(3)39-33-29(35-5)19-27(20-30(33)36-6)17-15-25-11-13-26(14-12-25)16-18-28-21-31(37-7)34(32(22-28)38-8)40-24(4)10-2/h11-24H,9-10H2,1-8H3/b17-15+,18-16+. The van der Waals surface area contributed by atoms with Crippen LogP contribution in [0.1, 0.15) is 62.8 Å². The van der Waals surface area contributed by atoms with Gasteiger partial charge in [0.15, 0.2) is 23.0 Å². The maximum absolute atomic E-state index is 6.04. The van der Waals surface area contributed by atoms with E-state index in [2.05, 4.69) is 50.3 Å². The van der Waals surface area contributed by atoms with Crippen molar-refractivity contribution in [1.29, 1.82) is 0 Å². The summed E-state index contributed by atoms with van der Waals surface area (Å²) in [7, 11) is 6.55. The molecule has 0 heterocycles. The molecule has 0 fully saturated rings. The first kappa shape index (κ1) is 30.5. The van der Waals surface area contributed by atoms with E-state index in [-0.39, 0.29) is 12.2 Å². The second-order valence-corrected chi connectivity index (χ2v) is 9.52. The first-order chi connectivity index (χ1) is 19.3. The molecule has 3 rings (SSSR count). The average Bonchev–Trinajstić information content (AvgIpc) is 2.99. The molecule has 0 bridgehead atoms. The van der Waals surface area contributed by atoms with E-state index in [1.165, 1.54) is 0 Å². The molecule has 0 N–H and O–H groups in total. The zero-order valence-electron chi connectivity index (χ0n) is 24.9. The molecule has 0 aliphatic rings. The van der Waals surface area contributed by atoms with Crippen molar-refractivity contribution in [2.45, 2.75) is 52.7 Å². The zero-order valence-corrected chi connectivity index (χ0v) is 24.9. The minimum atomic E-state index is 0.0591. The van der Waals surface area contributed by atoms with Crippen LogP contribution in [0, 0.1) is 0 Å². The Hall–Kier alpha value is -4.06. The van der Waals surface area contributed by atoms with Crippen molar-refractivity contribution in [3.63, 3.8) is 0 Å². The Morgan fingerprint density at radius 2 is 0.775 bits per heavy atom. The van der Waals surface area contributed by atoms with Gasteiger partial charge in [-0.25, -0.2) is 0 Å². The molecule has 0 aliphatic heterocycles. The number of hydrogen-bond acceptors (Lipinski definition) is 6. The molecule has 0 saturated heterocycles. The Morgan fingerprint density at radius 1 is 0.500 bits per heavy atom. The molecule has 40 heavy (non-hydrogen) atoms. The van der Waals surface area contributed by atoms with Crippen molar-refractivity contribution in [2.24, 2.45) is 0 Å². The molecule has 2 unspecified atom stereocenters. The number of ether oxygens (including phenoxy) is 6. The molecule has 3 aromatic rings. The van der Waals surface area contributed by atoms with Gasteiger partial charge in [-0.2, -0.15) is 0 Å². The molecule has 214 valence electrons. The van der Waals surface area contributed by atoms with E-state index >= 15 is 0 Å². The molecule has 0 saturated carbocycles. The van der Waals surface area contributed by atoms with Gasteiger partial charge in [-0.15, -0.1) is 0 Å². The molecule has 6 nitrogen and oxygen atoms in total. The molecule has 0 aliphatic carbocycles. The van der Waals surface area contributed by atoms with Crippen LogP contribution in [0.15, 0.2) is 48.5 Å². The van der Waals surface area contributed by atoms with Crippen LogP contribution in [0.4, 0.5) is 0 Å². The quantitative estimate of drug-likeness (QED) is 0.189. The second-order valence-electron chi connectivity index (χ2n) is 9.52. The topological polar surface area (TPSA) is 55.4 Å². The largest absolute Gasteiger partial charge is 0.493 e. The summed E-state index contributed by atoms with van der Waals surface area (Å²) in [5.41, 5.74) is 4.06. The lowest BCUT2D eigenvalue weighted by Gasteiger charge is -2.18. The lowest BCUT2D eigenvalue weighted by molar-refractivity contribution is 0.198. The van der Waals surface area contributed by atoms with E-state index in [1.54, 1.807) is 28.4 Å². The number of benzene rings is 3. The third-order valence-corrected chi connectivity index (χ3v) is 6.63. The number of methoxy groups -OCH3 is 4. The zero-order chi connectivity index (χ0) is 29.1. The highest BCUT2D eigenvalue weighted by Crippen LogP contribution is 2.41. The van der Waals surface area contributed by atoms with Gasteiger partial charge in [0.1, 0.15) is 0 Å². The SMILES string of the molecule is CCC(C)Oc1c(OC)cc(/C=C/c2ccc(/C=C/c3cc(OC)c(OC(C)CC)c(OC)c3)cc2)cc1OC. The van der Waals surface area contributed by atoms with Gasteiger partial charge in [-0.1, -0.05) is 62.4 Å². The van der Waals surface area contributed by atoms with Crippen LogP contribution in [-0.4, -0.2) is 40.6 Å². The Balaban J connectivity index is 1.77. The molecule has 0 aromatic heterocycles. The van der Waals surface area contributed by atoms with Crippen molar-refractivity contribution >= 4 is 24.3 Å². The molecular weight excluding hydrogens is 504 g/mol. The summed E-state index contributed by atoms with van der Waals surface area (Å²) >= 11 is 0. The van der Waals surface area contributed by atoms with Crippen LogP contribution in [0.2, 0.25) is 0 Å². The summed E-state index contributed by atoms with van der Waals surface area (Å²) in [5, 5.41) is 0. The highest BCUT2D eigenvalue weighted by molar-refractivity contribution is 5.75. The van der Waals surface area contributed by atoms with Crippen LogP contribution in [-0.2, 0) is 0 Å². The molecule has 2 atom stereocenters. The van der Waals surface area contributed by atoms with Crippen molar-refractivity contribution in [3.05, 3.63) is 70.8 Å². The second kappa shape index (κ2) is 14.9. The van der Waals surface area contributed by atoms with Gasteiger partial charge in [-0.05, 0) is 73.2 Å². The van der Waals surface area contributed by atoms with Crippen LogP contribution >= 0.6 is 0 Å². The summed E-state index contributed by atoms with van der Waals surface area (Å²) in [5.74, 6) is 3.83. The third-order valence-electron chi connectivity index (χ3n) is 6.63. The normalized spacial score (nSPS) is 12.8. The Labute approximate surface area is 239 Å². The van der Waals surface area contributed by atoms with Crippen molar-refractivity contribution in [3.8, 4) is 34.5 Å². The Bertz CT molecular complexity index is 1140. The van der Waals surface area contributed by atoms with Gasteiger partial charge in [0, 0.05) is 0 Å². The monoisotopic (exact) mass is 546 g/mol. The minimum absolute atomic E-state index is 0.0591. The fourth-order valence-electron chi connectivity index (χ4n) is 3.90. The van der Waals surface area contributed by atoms with Gasteiger partial charge < -0.3 is 28.4 Å². The van der Waals surface area contributed by atoms with E-state index < -0.39 is 0 Å². The molecule has 0 radical (unpaired) electrons. The first-order valence-corrected chi connectivity index (χ1v) is 13.7. The average molecular weight is 547 g/mol. The fourth-order valence-corrected chi connectivity index (χ4v) is 3.90. The number of hydrogen-bond donors (Lipinski definition) is 0. The van der Waals surface area contributed by atoms with Crippen LogP contribution in [0.25, 0.3) is 24.3 Å². The maximum atomic E-state index is 6.04. The predicted molar refractivity (Wildman–Crippen MR) is 164 cm³/mol. The Morgan fingerprint density at radius 3 is 1.02 bits per heavy atom. The fraction of sp³-hybridized carbons (Fsp3) is 0.353. The summed E-state index contributed by atoms with van der Waals surface area (Å²) in [6.07, 6.45) is 10.1. The molecule has 3 aromatic carbocycles. The lowest BCUT2D eigenvalue weighted by Crippen LogP contribution is -2.11.